The molecule has 1 N–H and O–H groups in total. The van der Waals surface area contributed by atoms with Gasteiger partial charge in [0.15, 0.2) is 17.9 Å². The second kappa shape index (κ2) is 4.72. The molecule has 1 atom stereocenters. The van der Waals surface area contributed by atoms with Gasteiger partial charge in [-0.3, -0.25) is 10.1 Å². The van der Waals surface area contributed by atoms with Crippen LogP contribution in [-0.2, 0) is 13.5 Å². The van der Waals surface area contributed by atoms with Crippen molar-refractivity contribution >= 4 is 5.95 Å². The summed E-state index contributed by atoms with van der Waals surface area (Å²) in [4.78, 5) is 14.8. The molecule has 20 heavy (non-hydrogen) atoms. The first-order valence-corrected chi connectivity index (χ1v) is 6.11. The summed E-state index contributed by atoms with van der Waals surface area (Å²) in [5, 5.41) is 18.1. The number of fused-ring (bicyclic) bond motifs is 1. The van der Waals surface area contributed by atoms with Gasteiger partial charge in [-0.15, -0.1) is 0 Å². The fraction of sp³-hybridized carbons (Fsp3) is 0.250. The van der Waals surface area contributed by atoms with Crippen molar-refractivity contribution in [3.63, 3.8) is 0 Å². The Morgan fingerprint density at radius 1 is 1.55 bits per heavy atom. The Morgan fingerprint density at radius 3 is 3.15 bits per heavy atom. The molecule has 0 spiro atoms. The lowest BCUT2D eigenvalue weighted by atomic mass is 10.1. The standard InChI is InChI=1S/C12H13N6O2/c1-16-5-3-2-4-9(16)6-10-11(18(19)20)7-13-12-14-8-15-17(10)12/h2-5,7-8,10H,6H2,1H3,(H,13,14,15)/q+1/t10-/m0/s1. The van der Waals surface area contributed by atoms with E-state index < -0.39 is 6.04 Å². The summed E-state index contributed by atoms with van der Waals surface area (Å²) in [5.74, 6) is 0.513. The van der Waals surface area contributed by atoms with E-state index in [0.29, 0.717) is 12.4 Å². The Balaban J connectivity index is 2.00. The van der Waals surface area contributed by atoms with E-state index in [-0.39, 0.29) is 10.6 Å². The smallest absolute Gasteiger partial charge is 0.287 e. The van der Waals surface area contributed by atoms with Gasteiger partial charge in [0.2, 0.25) is 5.95 Å². The van der Waals surface area contributed by atoms with Crippen molar-refractivity contribution in [1.29, 1.82) is 0 Å². The molecule has 0 radical (unpaired) electrons. The van der Waals surface area contributed by atoms with Crippen LogP contribution >= 0.6 is 0 Å². The van der Waals surface area contributed by atoms with Crippen LogP contribution in [0.5, 0.6) is 0 Å². The maximum absolute atomic E-state index is 11.2. The highest BCUT2D eigenvalue weighted by Gasteiger charge is 2.34. The molecule has 102 valence electrons. The van der Waals surface area contributed by atoms with Crippen molar-refractivity contribution in [2.75, 3.05) is 5.32 Å². The zero-order valence-corrected chi connectivity index (χ0v) is 10.8. The molecule has 8 nitrogen and oxygen atoms in total. The molecule has 2 aromatic heterocycles. The molecular weight excluding hydrogens is 260 g/mol. The first kappa shape index (κ1) is 12.3. The van der Waals surface area contributed by atoms with Gasteiger partial charge in [0.05, 0.1) is 17.5 Å². The summed E-state index contributed by atoms with van der Waals surface area (Å²) in [6.45, 7) is 0. The first-order chi connectivity index (χ1) is 9.66. The first-order valence-electron chi connectivity index (χ1n) is 6.11. The van der Waals surface area contributed by atoms with Crippen LogP contribution in [0.1, 0.15) is 11.7 Å². The number of aryl methyl sites for hydroxylation is 1. The number of nitro groups is 1. The van der Waals surface area contributed by atoms with Gasteiger partial charge in [0.1, 0.15) is 13.4 Å². The molecule has 3 heterocycles. The fourth-order valence-corrected chi connectivity index (χ4v) is 2.28. The zero-order chi connectivity index (χ0) is 14.1. The van der Waals surface area contributed by atoms with Gasteiger partial charge in [-0.05, 0) is 0 Å². The predicted octanol–water partition coefficient (Wildman–Crippen LogP) is 0.430. The van der Waals surface area contributed by atoms with Crippen molar-refractivity contribution in [1.82, 2.24) is 14.8 Å². The Hall–Kier alpha value is -2.77. The van der Waals surface area contributed by atoms with Gasteiger partial charge in [-0.25, -0.2) is 9.25 Å². The number of hydrogen-bond acceptors (Lipinski definition) is 5. The molecule has 2 aromatic rings. The van der Waals surface area contributed by atoms with E-state index in [0.717, 1.165) is 5.69 Å². The number of hydrogen-bond donors (Lipinski definition) is 1. The van der Waals surface area contributed by atoms with Crippen LogP contribution in [0.2, 0.25) is 0 Å². The molecular formula is C12H13N6O2+. The molecule has 1 aliphatic heterocycles. The van der Waals surface area contributed by atoms with Crippen molar-refractivity contribution in [3.05, 3.63) is 58.4 Å². The molecule has 0 fully saturated rings. The van der Waals surface area contributed by atoms with Crippen molar-refractivity contribution in [3.8, 4) is 0 Å². The minimum Gasteiger partial charge on any atom is -0.325 e. The third-order valence-corrected chi connectivity index (χ3v) is 3.33. The summed E-state index contributed by atoms with van der Waals surface area (Å²) in [6, 6.07) is 5.29. The summed E-state index contributed by atoms with van der Waals surface area (Å²) in [7, 11) is 1.91. The quantitative estimate of drug-likeness (QED) is 0.497. The van der Waals surface area contributed by atoms with Crippen molar-refractivity contribution in [2.45, 2.75) is 12.5 Å². The molecule has 0 aromatic carbocycles. The Morgan fingerprint density at radius 2 is 2.40 bits per heavy atom. The highest BCUT2D eigenvalue weighted by Crippen LogP contribution is 2.27. The molecule has 0 saturated carbocycles. The monoisotopic (exact) mass is 273 g/mol. The number of nitrogens with one attached hydrogen (secondary N) is 1. The van der Waals surface area contributed by atoms with Crippen LogP contribution in [0.3, 0.4) is 0 Å². The minimum atomic E-state index is -0.475. The van der Waals surface area contributed by atoms with Gasteiger partial charge in [0.25, 0.3) is 5.70 Å². The Bertz CT molecular complexity index is 693. The number of nitrogens with zero attached hydrogens (tertiary/aromatic N) is 5. The summed E-state index contributed by atoms with van der Waals surface area (Å²) < 4.78 is 3.49. The lowest BCUT2D eigenvalue weighted by Gasteiger charge is -2.19. The van der Waals surface area contributed by atoms with E-state index in [4.69, 9.17) is 0 Å². The van der Waals surface area contributed by atoms with Gasteiger partial charge in [-0.1, -0.05) is 6.07 Å². The number of allylic oxidation sites excluding steroid dienone is 1. The van der Waals surface area contributed by atoms with E-state index >= 15 is 0 Å². The van der Waals surface area contributed by atoms with Crippen LogP contribution in [0.25, 0.3) is 0 Å². The number of pyridine rings is 1. The van der Waals surface area contributed by atoms with Crippen molar-refractivity contribution < 1.29 is 9.49 Å². The number of rotatable bonds is 3. The summed E-state index contributed by atoms with van der Waals surface area (Å²) in [5.41, 5.74) is 1.06. The van der Waals surface area contributed by atoms with Gasteiger partial charge >= 0.3 is 0 Å². The average Bonchev–Trinajstić information content (AvgIpc) is 2.90. The van der Waals surface area contributed by atoms with Crippen LogP contribution in [0.15, 0.2) is 42.6 Å². The summed E-state index contributed by atoms with van der Waals surface area (Å²) >= 11 is 0. The van der Waals surface area contributed by atoms with E-state index in [1.54, 1.807) is 4.68 Å². The van der Waals surface area contributed by atoms with Crippen molar-refractivity contribution in [2.24, 2.45) is 7.05 Å². The summed E-state index contributed by atoms with van der Waals surface area (Å²) in [6.07, 6.45) is 5.16. The second-order valence-corrected chi connectivity index (χ2v) is 4.52. The largest absolute Gasteiger partial charge is 0.325 e. The maximum Gasteiger partial charge on any atom is 0.287 e. The average molecular weight is 273 g/mol. The van der Waals surface area contributed by atoms with Gasteiger partial charge in [-0.2, -0.15) is 10.1 Å². The molecule has 0 unspecified atom stereocenters. The molecule has 0 bridgehead atoms. The van der Waals surface area contributed by atoms with Gasteiger partial charge in [0, 0.05) is 12.1 Å². The SMILES string of the molecule is C[n+]1ccccc1C[C@H]1C([N+](=O)[O-])=CNc2ncnn21. The third-order valence-electron chi connectivity index (χ3n) is 3.33. The topological polar surface area (TPSA) is 89.8 Å². The van der Waals surface area contributed by atoms with Crippen LogP contribution < -0.4 is 9.88 Å². The van der Waals surface area contributed by atoms with Crippen LogP contribution in [-0.4, -0.2) is 19.7 Å². The van der Waals surface area contributed by atoms with Crippen LogP contribution in [0, 0.1) is 10.1 Å². The van der Waals surface area contributed by atoms with E-state index in [9.17, 15) is 10.1 Å². The van der Waals surface area contributed by atoms with E-state index in [1.807, 2.05) is 36.0 Å². The molecule has 1 aliphatic rings. The number of aromatic nitrogens is 4. The second-order valence-electron chi connectivity index (χ2n) is 4.52. The molecule has 0 aliphatic carbocycles. The Kier molecular flexibility index (Phi) is 2.90. The molecule has 3 rings (SSSR count). The van der Waals surface area contributed by atoms with Crippen LogP contribution in [0.4, 0.5) is 5.95 Å². The Labute approximate surface area is 114 Å². The normalized spacial score (nSPS) is 17.1. The highest BCUT2D eigenvalue weighted by molar-refractivity contribution is 5.35. The highest BCUT2D eigenvalue weighted by atomic mass is 16.6. The maximum atomic E-state index is 11.2. The molecule has 8 heteroatoms. The van der Waals surface area contributed by atoms with E-state index in [2.05, 4.69) is 15.4 Å². The third kappa shape index (κ3) is 2.00. The molecule has 0 saturated heterocycles. The minimum absolute atomic E-state index is 0.0758. The zero-order valence-electron chi connectivity index (χ0n) is 10.8. The lowest BCUT2D eigenvalue weighted by molar-refractivity contribution is -0.679. The predicted molar refractivity (Wildman–Crippen MR) is 69.1 cm³/mol. The number of anilines is 1. The lowest BCUT2D eigenvalue weighted by Crippen LogP contribution is -2.36. The molecule has 0 amide bonds. The van der Waals surface area contributed by atoms with E-state index in [1.165, 1.54) is 12.5 Å². The van der Waals surface area contributed by atoms with Gasteiger partial charge < -0.3 is 5.32 Å². The fourth-order valence-electron chi connectivity index (χ4n) is 2.28.